The number of carbonyl (C=O) groups excluding carboxylic acids is 1. The minimum Gasteiger partial charge on any atom is -0.466 e. The van der Waals surface area contributed by atoms with Crippen LogP contribution in [0.1, 0.15) is 30.5 Å². The van der Waals surface area contributed by atoms with Gasteiger partial charge in [0.05, 0.1) is 24.1 Å². The zero-order valence-electron chi connectivity index (χ0n) is 14.4. The first kappa shape index (κ1) is 18.9. The van der Waals surface area contributed by atoms with Gasteiger partial charge in [-0.2, -0.15) is 4.31 Å². The van der Waals surface area contributed by atoms with Crippen LogP contribution in [0.15, 0.2) is 53.4 Å². The van der Waals surface area contributed by atoms with E-state index in [4.69, 9.17) is 16.3 Å². The van der Waals surface area contributed by atoms with Gasteiger partial charge in [0, 0.05) is 6.54 Å². The van der Waals surface area contributed by atoms with E-state index in [1.54, 1.807) is 25.1 Å². The van der Waals surface area contributed by atoms with Gasteiger partial charge in [-0.1, -0.05) is 48.0 Å². The standard InChI is InChI=1S/C19H20ClNO4S/c1-2-25-19(22)13-17-15-8-4-3-7-14(15)11-12-21(17)26(23,24)18-10-6-5-9-16(18)20/h3-10,17H,2,11-13H2,1H3/t17-/m1/s1. The summed E-state index contributed by atoms with van der Waals surface area (Å²) >= 11 is 6.13. The van der Waals surface area contributed by atoms with E-state index in [0.29, 0.717) is 6.42 Å². The highest BCUT2D eigenvalue weighted by molar-refractivity contribution is 7.89. The summed E-state index contributed by atoms with van der Waals surface area (Å²) < 4.78 is 32.9. The van der Waals surface area contributed by atoms with Gasteiger partial charge in [0.1, 0.15) is 4.90 Å². The summed E-state index contributed by atoms with van der Waals surface area (Å²) in [6, 6.07) is 13.3. The zero-order chi connectivity index (χ0) is 18.7. The van der Waals surface area contributed by atoms with Gasteiger partial charge in [-0.3, -0.25) is 4.79 Å². The molecule has 138 valence electrons. The van der Waals surface area contributed by atoms with E-state index in [1.807, 2.05) is 24.3 Å². The van der Waals surface area contributed by atoms with Crippen molar-refractivity contribution in [3.8, 4) is 0 Å². The molecule has 0 aromatic heterocycles. The minimum absolute atomic E-state index is 0.0332. The van der Waals surface area contributed by atoms with Gasteiger partial charge in [-0.05, 0) is 36.6 Å². The number of rotatable bonds is 5. The lowest BCUT2D eigenvalue weighted by Gasteiger charge is -2.36. The molecule has 0 spiro atoms. The van der Waals surface area contributed by atoms with Crippen molar-refractivity contribution in [3.05, 3.63) is 64.7 Å². The van der Waals surface area contributed by atoms with Gasteiger partial charge in [0.2, 0.25) is 10.0 Å². The maximum absolute atomic E-state index is 13.3. The lowest BCUT2D eigenvalue weighted by Crippen LogP contribution is -2.41. The second-order valence-corrected chi connectivity index (χ2v) is 8.29. The van der Waals surface area contributed by atoms with Gasteiger partial charge in [0.25, 0.3) is 0 Å². The highest BCUT2D eigenvalue weighted by Crippen LogP contribution is 2.37. The Kier molecular flexibility index (Phi) is 5.65. The molecule has 7 heteroatoms. The normalized spacial score (nSPS) is 17.5. The van der Waals surface area contributed by atoms with Crippen molar-refractivity contribution >= 4 is 27.6 Å². The lowest BCUT2D eigenvalue weighted by atomic mass is 9.92. The van der Waals surface area contributed by atoms with E-state index in [2.05, 4.69) is 0 Å². The Bertz CT molecular complexity index is 913. The molecule has 26 heavy (non-hydrogen) atoms. The molecular formula is C19H20ClNO4S. The first-order chi connectivity index (χ1) is 12.4. The lowest BCUT2D eigenvalue weighted by molar-refractivity contribution is -0.144. The molecule has 3 rings (SSSR count). The molecule has 0 aliphatic carbocycles. The Morgan fingerprint density at radius 1 is 1.19 bits per heavy atom. The molecule has 1 atom stereocenters. The number of hydrogen-bond acceptors (Lipinski definition) is 4. The van der Waals surface area contributed by atoms with Crippen molar-refractivity contribution < 1.29 is 17.9 Å². The Balaban J connectivity index is 2.04. The summed E-state index contributed by atoms with van der Waals surface area (Å²) in [6.07, 6.45) is 0.549. The van der Waals surface area contributed by atoms with E-state index >= 15 is 0 Å². The largest absolute Gasteiger partial charge is 0.466 e. The summed E-state index contributed by atoms with van der Waals surface area (Å²) in [5.41, 5.74) is 1.88. The van der Waals surface area contributed by atoms with Crippen molar-refractivity contribution in [2.24, 2.45) is 0 Å². The highest BCUT2D eigenvalue weighted by atomic mass is 35.5. The van der Waals surface area contributed by atoms with Gasteiger partial charge >= 0.3 is 5.97 Å². The average Bonchev–Trinajstić information content (AvgIpc) is 2.62. The minimum atomic E-state index is -3.85. The molecule has 5 nitrogen and oxygen atoms in total. The van der Waals surface area contributed by atoms with Crippen LogP contribution in [-0.2, 0) is 26.0 Å². The molecule has 1 aliphatic rings. The maximum atomic E-state index is 13.3. The van der Waals surface area contributed by atoms with E-state index in [1.165, 1.54) is 10.4 Å². The SMILES string of the molecule is CCOC(=O)C[C@@H]1c2ccccc2CCN1S(=O)(=O)c1ccccc1Cl. The van der Waals surface area contributed by atoms with Crippen LogP contribution < -0.4 is 0 Å². The Labute approximate surface area is 158 Å². The number of halogens is 1. The van der Waals surface area contributed by atoms with Crippen molar-refractivity contribution in [1.29, 1.82) is 0 Å². The highest BCUT2D eigenvalue weighted by Gasteiger charge is 2.38. The predicted octanol–water partition coefficient (Wildman–Crippen LogP) is 3.58. The number of esters is 1. The molecule has 0 fully saturated rings. The Morgan fingerprint density at radius 2 is 1.88 bits per heavy atom. The van der Waals surface area contributed by atoms with Crippen LogP contribution in [0.5, 0.6) is 0 Å². The molecule has 0 N–H and O–H groups in total. The number of benzene rings is 2. The summed E-state index contributed by atoms with van der Waals surface area (Å²) in [6.45, 7) is 2.27. The maximum Gasteiger partial charge on any atom is 0.307 e. The predicted molar refractivity (Wildman–Crippen MR) is 99.5 cm³/mol. The van der Waals surface area contributed by atoms with E-state index in [-0.39, 0.29) is 29.5 Å². The second kappa shape index (κ2) is 7.78. The molecule has 2 aromatic carbocycles. The topological polar surface area (TPSA) is 63.7 Å². The van der Waals surface area contributed by atoms with Crippen molar-refractivity contribution in [3.63, 3.8) is 0 Å². The molecular weight excluding hydrogens is 374 g/mol. The molecule has 0 saturated carbocycles. The van der Waals surface area contributed by atoms with E-state index in [0.717, 1.165) is 11.1 Å². The monoisotopic (exact) mass is 393 g/mol. The van der Waals surface area contributed by atoms with Crippen molar-refractivity contribution in [2.75, 3.05) is 13.2 Å². The van der Waals surface area contributed by atoms with E-state index in [9.17, 15) is 13.2 Å². The third kappa shape index (κ3) is 3.63. The zero-order valence-corrected chi connectivity index (χ0v) is 16.0. The third-order valence-corrected chi connectivity index (χ3v) is 6.86. The molecule has 1 aliphatic heterocycles. The number of carbonyl (C=O) groups is 1. The van der Waals surface area contributed by atoms with E-state index < -0.39 is 22.0 Å². The summed E-state index contributed by atoms with van der Waals surface area (Å²) in [4.78, 5) is 12.2. The quantitative estimate of drug-likeness (QED) is 0.728. The van der Waals surface area contributed by atoms with Gasteiger partial charge in [-0.25, -0.2) is 8.42 Å². The van der Waals surface area contributed by atoms with Gasteiger partial charge in [0.15, 0.2) is 0 Å². The van der Waals surface area contributed by atoms with Gasteiger partial charge < -0.3 is 4.74 Å². The first-order valence-corrected chi connectivity index (χ1v) is 10.3. The van der Waals surface area contributed by atoms with Crippen LogP contribution in [0.4, 0.5) is 0 Å². The molecule has 0 amide bonds. The number of hydrogen-bond donors (Lipinski definition) is 0. The molecule has 0 radical (unpaired) electrons. The fourth-order valence-corrected chi connectivity index (χ4v) is 5.39. The summed E-state index contributed by atoms with van der Waals surface area (Å²) in [7, 11) is -3.85. The van der Waals surface area contributed by atoms with Crippen molar-refractivity contribution in [2.45, 2.75) is 30.7 Å². The van der Waals surface area contributed by atoms with Crippen LogP contribution in [0.3, 0.4) is 0 Å². The molecule has 1 heterocycles. The van der Waals surface area contributed by atoms with Crippen LogP contribution in [0, 0.1) is 0 Å². The summed E-state index contributed by atoms with van der Waals surface area (Å²) in [5.74, 6) is -0.423. The Hall–Kier alpha value is -1.89. The average molecular weight is 394 g/mol. The fraction of sp³-hybridized carbons (Fsp3) is 0.316. The molecule has 0 bridgehead atoms. The van der Waals surface area contributed by atoms with Crippen LogP contribution >= 0.6 is 11.6 Å². The second-order valence-electron chi connectivity index (χ2n) is 6.02. The summed E-state index contributed by atoms with van der Waals surface area (Å²) in [5, 5.41) is 0.168. The van der Waals surface area contributed by atoms with Crippen LogP contribution in [0.25, 0.3) is 0 Å². The van der Waals surface area contributed by atoms with Crippen LogP contribution in [0.2, 0.25) is 5.02 Å². The molecule has 0 saturated heterocycles. The number of ether oxygens (including phenoxy) is 1. The first-order valence-electron chi connectivity index (χ1n) is 8.45. The van der Waals surface area contributed by atoms with Gasteiger partial charge in [-0.15, -0.1) is 0 Å². The number of sulfonamides is 1. The number of fused-ring (bicyclic) bond motifs is 1. The Morgan fingerprint density at radius 3 is 2.62 bits per heavy atom. The fourth-order valence-electron chi connectivity index (χ4n) is 3.29. The van der Waals surface area contributed by atoms with Crippen molar-refractivity contribution in [1.82, 2.24) is 4.31 Å². The molecule has 2 aromatic rings. The number of nitrogens with zero attached hydrogens (tertiary/aromatic N) is 1. The molecule has 0 unspecified atom stereocenters. The third-order valence-electron chi connectivity index (χ3n) is 4.45. The smallest absolute Gasteiger partial charge is 0.307 e. The van der Waals surface area contributed by atoms with Crippen LogP contribution in [-0.4, -0.2) is 31.8 Å².